The summed E-state index contributed by atoms with van der Waals surface area (Å²) >= 11 is 12.2. The second-order valence-electron chi connectivity index (χ2n) is 7.56. The highest BCUT2D eigenvalue weighted by atomic mass is 35.5. The highest BCUT2D eigenvalue weighted by Gasteiger charge is 2.22. The van der Waals surface area contributed by atoms with E-state index >= 15 is 0 Å². The van der Waals surface area contributed by atoms with E-state index in [0.717, 1.165) is 12.8 Å². The number of benzene rings is 2. The van der Waals surface area contributed by atoms with Crippen LogP contribution >= 0.6 is 23.2 Å². The highest BCUT2D eigenvalue weighted by Crippen LogP contribution is 2.27. The van der Waals surface area contributed by atoms with Crippen molar-refractivity contribution in [3.8, 4) is 11.5 Å². The first-order valence-corrected chi connectivity index (χ1v) is 11.1. The van der Waals surface area contributed by atoms with Crippen molar-refractivity contribution in [1.29, 1.82) is 0 Å². The van der Waals surface area contributed by atoms with Crippen molar-refractivity contribution in [1.82, 2.24) is 0 Å². The Kier molecular flexibility index (Phi) is 9.67. The van der Waals surface area contributed by atoms with Gasteiger partial charge in [0, 0.05) is 0 Å². The van der Waals surface area contributed by atoms with E-state index < -0.39 is 17.3 Å². The average Bonchev–Trinajstić information content (AvgIpc) is 2.73. The van der Waals surface area contributed by atoms with Crippen LogP contribution in [0.1, 0.15) is 62.4 Å². The van der Waals surface area contributed by atoms with Gasteiger partial charge in [0.2, 0.25) is 0 Å². The summed E-state index contributed by atoms with van der Waals surface area (Å²) in [5.74, 6) is -0.584. The number of carbonyl (C=O) groups is 2. The molecule has 0 bridgehead atoms. The van der Waals surface area contributed by atoms with E-state index in [2.05, 4.69) is 6.92 Å². The van der Waals surface area contributed by atoms with Crippen LogP contribution < -0.4 is 9.47 Å². The number of unbranched alkanes of at least 4 members (excludes halogenated alkanes) is 3. The third-order valence-electron chi connectivity index (χ3n) is 4.64. The van der Waals surface area contributed by atoms with E-state index in [4.69, 9.17) is 32.7 Å². The first-order valence-electron chi connectivity index (χ1n) is 10.3. The van der Waals surface area contributed by atoms with Crippen LogP contribution in [0.3, 0.4) is 0 Å². The Labute approximate surface area is 188 Å². The minimum atomic E-state index is -0.777. The first-order chi connectivity index (χ1) is 14.3. The molecule has 30 heavy (non-hydrogen) atoms. The molecule has 6 heteroatoms. The van der Waals surface area contributed by atoms with E-state index in [0.29, 0.717) is 5.75 Å². The number of halogens is 2. The van der Waals surface area contributed by atoms with Gasteiger partial charge in [-0.25, -0.2) is 4.79 Å². The molecule has 2 rings (SSSR count). The van der Waals surface area contributed by atoms with Crippen molar-refractivity contribution in [2.24, 2.45) is 5.92 Å². The molecule has 2 aromatic rings. The molecule has 0 aliphatic rings. The van der Waals surface area contributed by atoms with Crippen molar-refractivity contribution in [2.45, 2.75) is 58.3 Å². The number of carbonyl (C=O) groups excluding carboxylic acids is 2. The summed E-state index contributed by atoms with van der Waals surface area (Å²) in [4.78, 5) is 24.4. The van der Waals surface area contributed by atoms with Gasteiger partial charge in [-0.2, -0.15) is 0 Å². The third kappa shape index (κ3) is 7.33. The van der Waals surface area contributed by atoms with Crippen molar-refractivity contribution >= 4 is 35.1 Å². The maximum absolute atomic E-state index is 12.4. The molecule has 0 saturated heterocycles. The van der Waals surface area contributed by atoms with E-state index in [1.54, 1.807) is 12.1 Å². The van der Waals surface area contributed by atoms with E-state index in [1.165, 1.54) is 43.0 Å². The molecule has 0 amide bonds. The van der Waals surface area contributed by atoms with Gasteiger partial charge in [0.05, 0.1) is 10.6 Å². The summed E-state index contributed by atoms with van der Waals surface area (Å²) in [6.07, 6.45) is 5.87. The molecular formula is C24H28Cl2O4. The van der Waals surface area contributed by atoms with Gasteiger partial charge in [-0.3, -0.25) is 4.79 Å². The lowest BCUT2D eigenvalue weighted by Gasteiger charge is -2.13. The van der Waals surface area contributed by atoms with Gasteiger partial charge in [0.25, 0.3) is 0 Å². The Morgan fingerprint density at radius 3 is 2.27 bits per heavy atom. The molecule has 162 valence electrons. The number of esters is 2. The number of rotatable bonds is 10. The number of aryl methyl sites for hydroxylation is 1. The van der Waals surface area contributed by atoms with Crippen molar-refractivity contribution in [2.75, 3.05) is 0 Å². The fourth-order valence-corrected chi connectivity index (χ4v) is 3.06. The third-order valence-corrected chi connectivity index (χ3v) is 5.62. The minimum absolute atomic E-state index is 0.0741. The normalized spacial score (nSPS) is 11.9. The molecule has 0 heterocycles. The summed E-state index contributed by atoms with van der Waals surface area (Å²) < 4.78 is 10.6. The summed E-state index contributed by atoms with van der Waals surface area (Å²) in [5, 5.41) is -0.645. The SMILES string of the molecule is CCCCCCc1ccc(OC(=O)c2ccc(OC(=O)C(Cl)C(C)C)c(Cl)c2)cc1. The van der Waals surface area contributed by atoms with Crippen molar-refractivity contribution < 1.29 is 19.1 Å². The Balaban J connectivity index is 1.95. The Morgan fingerprint density at radius 2 is 1.67 bits per heavy atom. The zero-order chi connectivity index (χ0) is 22.1. The smallest absolute Gasteiger partial charge is 0.343 e. The lowest BCUT2D eigenvalue weighted by Crippen LogP contribution is -2.25. The van der Waals surface area contributed by atoms with Gasteiger partial charge in [0.15, 0.2) is 0 Å². The molecular weight excluding hydrogens is 423 g/mol. The number of ether oxygens (including phenoxy) is 2. The van der Waals surface area contributed by atoms with Crippen LogP contribution in [0.15, 0.2) is 42.5 Å². The van der Waals surface area contributed by atoms with Gasteiger partial charge in [-0.1, -0.05) is 63.8 Å². The standard InChI is InChI=1S/C24H28Cl2O4/c1-4-5-6-7-8-17-9-12-19(13-10-17)29-23(27)18-11-14-21(20(25)15-18)30-24(28)22(26)16(2)3/h9-16,22H,4-8H2,1-3H3. The van der Waals surface area contributed by atoms with Crippen molar-refractivity contribution in [3.05, 3.63) is 58.6 Å². The molecule has 0 radical (unpaired) electrons. The molecule has 0 aliphatic heterocycles. The van der Waals surface area contributed by atoms with Crippen LogP contribution in [0.4, 0.5) is 0 Å². The lowest BCUT2D eigenvalue weighted by atomic mass is 10.1. The van der Waals surface area contributed by atoms with E-state index in [1.807, 2.05) is 26.0 Å². The quantitative estimate of drug-likeness (QED) is 0.172. The Hall–Kier alpha value is -2.04. The predicted octanol–water partition coefficient (Wildman–Crippen LogP) is 6.85. The van der Waals surface area contributed by atoms with Gasteiger partial charge in [0.1, 0.15) is 16.9 Å². The highest BCUT2D eigenvalue weighted by molar-refractivity contribution is 6.33. The zero-order valence-electron chi connectivity index (χ0n) is 17.6. The van der Waals surface area contributed by atoms with Crippen LogP contribution in [0.25, 0.3) is 0 Å². The second kappa shape index (κ2) is 12.0. The van der Waals surface area contributed by atoms with Gasteiger partial charge < -0.3 is 9.47 Å². The zero-order valence-corrected chi connectivity index (χ0v) is 19.1. The second-order valence-corrected chi connectivity index (χ2v) is 8.43. The monoisotopic (exact) mass is 450 g/mol. The van der Waals surface area contributed by atoms with Crippen LogP contribution in [0, 0.1) is 5.92 Å². The molecule has 0 saturated carbocycles. The molecule has 0 fully saturated rings. The molecule has 0 spiro atoms. The number of hydrogen-bond donors (Lipinski definition) is 0. The van der Waals surface area contributed by atoms with Crippen LogP contribution in [-0.2, 0) is 11.2 Å². The first kappa shape index (κ1) is 24.2. The largest absolute Gasteiger partial charge is 0.424 e. The summed E-state index contributed by atoms with van der Waals surface area (Å²) in [6, 6.07) is 11.9. The summed E-state index contributed by atoms with van der Waals surface area (Å²) in [6.45, 7) is 5.83. The topological polar surface area (TPSA) is 52.6 Å². The maximum atomic E-state index is 12.4. The molecule has 0 aromatic heterocycles. The number of alkyl halides is 1. The molecule has 2 aromatic carbocycles. The minimum Gasteiger partial charge on any atom is -0.424 e. The van der Waals surface area contributed by atoms with Gasteiger partial charge in [-0.05, 0) is 54.7 Å². The van der Waals surface area contributed by atoms with Crippen LogP contribution in [0.5, 0.6) is 11.5 Å². The van der Waals surface area contributed by atoms with E-state index in [9.17, 15) is 9.59 Å². The Bertz CT molecular complexity index is 847. The Morgan fingerprint density at radius 1 is 0.967 bits per heavy atom. The fraction of sp³-hybridized carbons (Fsp3) is 0.417. The fourth-order valence-electron chi connectivity index (χ4n) is 2.79. The van der Waals surface area contributed by atoms with Crippen LogP contribution in [0.2, 0.25) is 5.02 Å². The summed E-state index contributed by atoms with van der Waals surface area (Å²) in [5.41, 5.74) is 1.48. The number of hydrogen-bond acceptors (Lipinski definition) is 4. The average molecular weight is 451 g/mol. The van der Waals surface area contributed by atoms with E-state index in [-0.39, 0.29) is 22.3 Å². The molecule has 4 nitrogen and oxygen atoms in total. The predicted molar refractivity (Wildman–Crippen MR) is 121 cm³/mol. The molecule has 0 N–H and O–H groups in total. The van der Waals surface area contributed by atoms with Crippen molar-refractivity contribution in [3.63, 3.8) is 0 Å². The summed E-state index contributed by atoms with van der Waals surface area (Å²) in [7, 11) is 0. The van der Waals surface area contributed by atoms with Gasteiger partial charge in [-0.15, -0.1) is 11.6 Å². The molecule has 0 aliphatic carbocycles. The van der Waals surface area contributed by atoms with Gasteiger partial charge >= 0.3 is 11.9 Å². The lowest BCUT2D eigenvalue weighted by molar-refractivity contribution is -0.134. The van der Waals surface area contributed by atoms with Crippen LogP contribution in [-0.4, -0.2) is 17.3 Å². The molecule has 1 atom stereocenters. The maximum Gasteiger partial charge on any atom is 0.343 e. The molecule has 1 unspecified atom stereocenters.